The van der Waals surface area contributed by atoms with Crippen molar-refractivity contribution in [1.29, 1.82) is 0 Å². The molecule has 4 aromatic carbocycles. The van der Waals surface area contributed by atoms with Crippen LogP contribution in [0.15, 0.2) is 102 Å². The molecule has 0 spiro atoms. The smallest absolute Gasteiger partial charge is 0.241 e. The highest BCUT2D eigenvalue weighted by Gasteiger charge is 2.19. The highest BCUT2D eigenvalue weighted by atomic mass is 32.2. The summed E-state index contributed by atoms with van der Waals surface area (Å²) in [5.41, 5.74) is 6.52. The summed E-state index contributed by atoms with van der Waals surface area (Å²) < 4.78 is 29.0. The van der Waals surface area contributed by atoms with E-state index >= 15 is 0 Å². The first kappa shape index (κ1) is 25.2. The zero-order valence-corrected chi connectivity index (χ0v) is 21.6. The molecule has 0 saturated carbocycles. The number of benzene rings is 4. The van der Waals surface area contributed by atoms with Gasteiger partial charge in [0.25, 0.3) is 0 Å². The van der Waals surface area contributed by atoms with E-state index in [0.29, 0.717) is 5.56 Å². The van der Waals surface area contributed by atoms with Gasteiger partial charge in [0.1, 0.15) is 5.75 Å². The van der Waals surface area contributed by atoms with Gasteiger partial charge in [0.05, 0.1) is 4.90 Å². The zero-order chi connectivity index (χ0) is 25.7. The van der Waals surface area contributed by atoms with E-state index < -0.39 is 10.0 Å². The fourth-order valence-electron chi connectivity index (χ4n) is 4.91. The second-order valence-corrected chi connectivity index (χ2v) is 11.3. The number of rotatable bonds is 9. The lowest BCUT2D eigenvalue weighted by molar-refractivity contribution is 0.251. The molecular weight excluding hydrogens is 480 g/mol. The topological polar surface area (TPSA) is 69.6 Å². The molecule has 0 atom stereocenters. The summed E-state index contributed by atoms with van der Waals surface area (Å²) in [5, 5.41) is 9.44. The number of aryl methyl sites for hydroxylation is 1. The Morgan fingerprint density at radius 1 is 0.784 bits per heavy atom. The van der Waals surface area contributed by atoms with E-state index in [4.69, 9.17) is 0 Å². The van der Waals surface area contributed by atoms with Crippen molar-refractivity contribution in [2.45, 2.75) is 37.2 Å². The second kappa shape index (κ2) is 11.3. The second-order valence-electron chi connectivity index (χ2n) is 9.58. The van der Waals surface area contributed by atoms with Crippen LogP contribution < -0.4 is 4.72 Å². The Hall–Kier alpha value is -3.45. The summed E-state index contributed by atoms with van der Waals surface area (Å²) in [4.78, 5) is 2.79. The predicted molar refractivity (Wildman–Crippen MR) is 148 cm³/mol. The molecule has 190 valence electrons. The van der Waals surface area contributed by atoms with E-state index in [2.05, 4.69) is 46.0 Å². The number of phenols is 1. The average molecular weight is 513 g/mol. The quantitative estimate of drug-likeness (QED) is 0.309. The van der Waals surface area contributed by atoms with Gasteiger partial charge in [0.15, 0.2) is 0 Å². The molecular formula is C31H32N2O3S. The van der Waals surface area contributed by atoms with Crippen LogP contribution in [0.3, 0.4) is 0 Å². The highest BCUT2D eigenvalue weighted by Crippen LogP contribution is 2.28. The largest absolute Gasteiger partial charge is 0.508 e. The van der Waals surface area contributed by atoms with Crippen molar-refractivity contribution in [3.63, 3.8) is 0 Å². The average Bonchev–Trinajstić information content (AvgIpc) is 2.93. The van der Waals surface area contributed by atoms with Gasteiger partial charge in [-0.2, -0.15) is 0 Å². The van der Waals surface area contributed by atoms with E-state index in [-0.39, 0.29) is 17.2 Å². The van der Waals surface area contributed by atoms with Crippen molar-refractivity contribution in [3.8, 4) is 16.9 Å². The van der Waals surface area contributed by atoms with Crippen LogP contribution in [0.4, 0.5) is 0 Å². The maximum atomic E-state index is 13.1. The maximum absolute atomic E-state index is 13.1. The van der Waals surface area contributed by atoms with Gasteiger partial charge in [-0.05, 0) is 71.8 Å². The summed E-state index contributed by atoms with van der Waals surface area (Å²) in [6, 6.07) is 30.5. The molecule has 0 amide bonds. The van der Waals surface area contributed by atoms with Crippen molar-refractivity contribution in [2.24, 2.45) is 0 Å². The maximum Gasteiger partial charge on any atom is 0.241 e. The lowest BCUT2D eigenvalue weighted by Crippen LogP contribution is -2.31. The van der Waals surface area contributed by atoms with Crippen LogP contribution in [0.5, 0.6) is 5.75 Å². The van der Waals surface area contributed by atoms with Gasteiger partial charge in [-0.15, -0.1) is 0 Å². The van der Waals surface area contributed by atoms with Crippen LogP contribution >= 0.6 is 0 Å². The van der Waals surface area contributed by atoms with Gasteiger partial charge in [0, 0.05) is 25.2 Å². The number of phenolic OH excluding ortho intramolecular Hbond substituents is 1. The normalized spacial score (nSPS) is 13.8. The summed E-state index contributed by atoms with van der Waals surface area (Å²) in [6.07, 6.45) is 3.21. The molecule has 0 unspecified atom stereocenters. The molecule has 5 nitrogen and oxygen atoms in total. The molecule has 0 aliphatic carbocycles. The fraction of sp³-hybridized carbons (Fsp3) is 0.226. The van der Waals surface area contributed by atoms with Crippen LogP contribution in [-0.4, -0.2) is 31.5 Å². The Morgan fingerprint density at radius 2 is 1.46 bits per heavy atom. The first-order chi connectivity index (χ1) is 18.0. The minimum atomic E-state index is -3.72. The van der Waals surface area contributed by atoms with Crippen LogP contribution in [0, 0.1) is 0 Å². The van der Waals surface area contributed by atoms with Gasteiger partial charge >= 0.3 is 0 Å². The Bertz CT molecular complexity index is 1450. The summed E-state index contributed by atoms with van der Waals surface area (Å²) in [5.74, 6) is 0.151. The van der Waals surface area contributed by atoms with Gasteiger partial charge < -0.3 is 5.11 Å². The molecule has 2 N–H and O–H groups in total. The molecule has 1 heterocycles. The molecule has 1 aliphatic rings. The third-order valence-electron chi connectivity index (χ3n) is 6.99. The van der Waals surface area contributed by atoms with Crippen LogP contribution in [-0.2, 0) is 36.0 Å². The van der Waals surface area contributed by atoms with E-state index in [0.717, 1.165) is 50.0 Å². The lowest BCUT2D eigenvalue weighted by Gasteiger charge is -2.28. The monoisotopic (exact) mass is 512 g/mol. The van der Waals surface area contributed by atoms with E-state index in [1.54, 1.807) is 36.4 Å². The van der Waals surface area contributed by atoms with Crippen molar-refractivity contribution in [3.05, 3.63) is 119 Å². The number of nitrogens with zero attached hydrogens (tertiary/aromatic N) is 1. The predicted octanol–water partition coefficient (Wildman–Crippen LogP) is 5.53. The Balaban J connectivity index is 1.21. The number of hydrogen-bond acceptors (Lipinski definition) is 4. The molecule has 1 aliphatic heterocycles. The Labute approximate surface area is 219 Å². The molecule has 5 rings (SSSR count). The van der Waals surface area contributed by atoms with Gasteiger partial charge in [-0.3, -0.25) is 4.90 Å². The number of fused-ring (bicyclic) bond motifs is 1. The van der Waals surface area contributed by atoms with Crippen molar-refractivity contribution in [1.82, 2.24) is 9.62 Å². The molecule has 0 bridgehead atoms. The summed E-state index contributed by atoms with van der Waals surface area (Å²) in [6.45, 7) is 3.37. The molecule has 0 radical (unpaired) electrons. The van der Waals surface area contributed by atoms with Crippen LogP contribution in [0.25, 0.3) is 11.1 Å². The molecule has 0 aromatic heterocycles. The minimum absolute atomic E-state index is 0.151. The van der Waals surface area contributed by atoms with E-state index in [9.17, 15) is 13.5 Å². The van der Waals surface area contributed by atoms with Crippen molar-refractivity contribution in [2.75, 3.05) is 13.1 Å². The lowest BCUT2D eigenvalue weighted by atomic mass is 9.99. The summed E-state index contributed by atoms with van der Waals surface area (Å²) in [7, 11) is -3.72. The third kappa shape index (κ3) is 6.28. The first-order valence-electron chi connectivity index (χ1n) is 12.7. The number of hydrogen-bond donors (Lipinski definition) is 2. The van der Waals surface area contributed by atoms with Gasteiger partial charge in [0.2, 0.25) is 10.0 Å². The molecule has 4 aromatic rings. The fourth-order valence-corrected chi connectivity index (χ4v) is 6.16. The van der Waals surface area contributed by atoms with Gasteiger partial charge in [-0.25, -0.2) is 13.1 Å². The zero-order valence-electron chi connectivity index (χ0n) is 20.8. The molecule has 37 heavy (non-hydrogen) atoms. The Kier molecular flexibility index (Phi) is 7.70. The third-order valence-corrected chi connectivity index (χ3v) is 8.45. The van der Waals surface area contributed by atoms with Crippen molar-refractivity contribution >= 4 is 10.0 Å². The number of aromatic hydroxyl groups is 1. The standard InChI is InChI=1S/C31H32N2O3S/c34-29-17-13-25(14-18-29)22-32-37(35,36)31-10-4-3-9-30(31)27-15-11-24(12-16-27)6-5-20-33-21-19-26-7-1-2-8-28(26)23-33/h1-4,7-18,32,34H,5-6,19-23H2. The van der Waals surface area contributed by atoms with Crippen LogP contribution in [0.2, 0.25) is 0 Å². The van der Waals surface area contributed by atoms with E-state index in [1.807, 2.05) is 24.3 Å². The molecule has 0 saturated heterocycles. The SMILES string of the molecule is O=S(=O)(NCc1ccc(O)cc1)c1ccccc1-c1ccc(CCCN2CCc3ccccc3C2)cc1. The van der Waals surface area contributed by atoms with Gasteiger partial charge in [-0.1, -0.05) is 78.9 Å². The molecule has 6 heteroatoms. The highest BCUT2D eigenvalue weighted by molar-refractivity contribution is 7.89. The van der Waals surface area contributed by atoms with Crippen molar-refractivity contribution < 1.29 is 13.5 Å². The Morgan fingerprint density at radius 3 is 2.24 bits per heavy atom. The minimum Gasteiger partial charge on any atom is -0.508 e. The molecule has 0 fully saturated rings. The van der Waals surface area contributed by atoms with Crippen LogP contribution in [0.1, 0.15) is 28.7 Å². The number of sulfonamides is 1. The van der Waals surface area contributed by atoms with E-state index in [1.165, 1.54) is 16.7 Å². The first-order valence-corrected chi connectivity index (χ1v) is 14.2. The summed E-state index contributed by atoms with van der Waals surface area (Å²) >= 11 is 0. The number of nitrogens with one attached hydrogen (secondary N) is 1.